The van der Waals surface area contributed by atoms with Crippen molar-refractivity contribution < 1.29 is 39.9 Å². The Labute approximate surface area is 205 Å². The number of nitrogens with zero attached hydrogens (tertiary/aromatic N) is 1. The summed E-state index contributed by atoms with van der Waals surface area (Å²) in [4.78, 5) is 13.9. The minimum atomic E-state index is -4.12. The first-order chi connectivity index (χ1) is 16.9. The lowest BCUT2D eigenvalue weighted by Gasteiger charge is -2.30. The molecule has 0 saturated carbocycles. The number of alkyl halides is 2. The molecule has 0 aromatic heterocycles. The van der Waals surface area contributed by atoms with E-state index in [2.05, 4.69) is 0 Å². The van der Waals surface area contributed by atoms with Gasteiger partial charge in [-0.1, -0.05) is 18.2 Å². The molecule has 1 amide bonds. The van der Waals surface area contributed by atoms with E-state index < -0.39 is 76.2 Å². The molecule has 2 aliphatic heterocycles. The SMILES string of the molecule is CCS(=O)(=O)N[C@@H]1[C@H](Cc2cccc(-c3cc(F)ccc3F)c2F)N(C(=O)[C@H]2CCCO2)CC1(F)F. The van der Waals surface area contributed by atoms with E-state index in [9.17, 15) is 22.0 Å². The number of carbonyl (C=O) groups is 1. The van der Waals surface area contributed by atoms with Crippen LogP contribution in [-0.2, 0) is 26.0 Å². The largest absolute Gasteiger partial charge is 0.368 e. The first kappa shape index (κ1) is 26.5. The van der Waals surface area contributed by atoms with E-state index in [-0.39, 0.29) is 23.3 Å². The van der Waals surface area contributed by atoms with E-state index in [0.29, 0.717) is 12.8 Å². The number of rotatable bonds is 7. The zero-order chi connectivity index (χ0) is 26.3. The third kappa shape index (κ3) is 5.25. The van der Waals surface area contributed by atoms with Gasteiger partial charge >= 0.3 is 0 Å². The Morgan fingerprint density at radius 1 is 1.17 bits per heavy atom. The minimum absolute atomic E-state index is 0.162. The van der Waals surface area contributed by atoms with E-state index >= 15 is 13.2 Å². The fraction of sp³-hybridized carbons (Fsp3) is 0.458. The van der Waals surface area contributed by atoms with Crippen molar-refractivity contribution in [1.82, 2.24) is 9.62 Å². The highest BCUT2D eigenvalue weighted by Crippen LogP contribution is 2.37. The Kier molecular flexibility index (Phi) is 7.40. The van der Waals surface area contributed by atoms with Crippen LogP contribution in [0.1, 0.15) is 25.3 Å². The zero-order valence-electron chi connectivity index (χ0n) is 19.3. The highest BCUT2D eigenvalue weighted by molar-refractivity contribution is 7.89. The minimum Gasteiger partial charge on any atom is -0.368 e. The molecule has 3 atom stereocenters. The number of sulfonamides is 1. The summed E-state index contributed by atoms with van der Waals surface area (Å²) in [6.07, 6.45) is -0.571. The molecule has 2 saturated heterocycles. The van der Waals surface area contributed by atoms with Gasteiger partial charge in [0, 0.05) is 17.7 Å². The van der Waals surface area contributed by atoms with Gasteiger partial charge in [-0.05, 0) is 49.9 Å². The molecule has 12 heteroatoms. The summed E-state index contributed by atoms with van der Waals surface area (Å²) in [6, 6.07) is 2.88. The van der Waals surface area contributed by atoms with E-state index in [1.165, 1.54) is 25.1 Å². The highest BCUT2D eigenvalue weighted by atomic mass is 32.2. The average molecular weight is 533 g/mol. The molecule has 0 bridgehead atoms. The summed E-state index contributed by atoms with van der Waals surface area (Å²) in [6.45, 7) is 0.483. The third-order valence-corrected chi connectivity index (χ3v) is 7.90. The van der Waals surface area contributed by atoms with Crippen molar-refractivity contribution in [2.45, 2.75) is 50.3 Å². The van der Waals surface area contributed by atoms with Crippen molar-refractivity contribution >= 4 is 15.9 Å². The monoisotopic (exact) mass is 532 g/mol. The number of halogens is 5. The van der Waals surface area contributed by atoms with Crippen LogP contribution in [0.15, 0.2) is 36.4 Å². The highest BCUT2D eigenvalue weighted by Gasteiger charge is 2.57. The van der Waals surface area contributed by atoms with E-state index in [0.717, 1.165) is 23.1 Å². The maximum absolute atomic E-state index is 15.5. The van der Waals surface area contributed by atoms with Crippen LogP contribution in [0.3, 0.4) is 0 Å². The van der Waals surface area contributed by atoms with Gasteiger partial charge in [-0.15, -0.1) is 0 Å². The van der Waals surface area contributed by atoms with Crippen molar-refractivity contribution in [3.8, 4) is 11.1 Å². The van der Waals surface area contributed by atoms with Gasteiger partial charge in [0.2, 0.25) is 10.0 Å². The summed E-state index contributed by atoms with van der Waals surface area (Å²) >= 11 is 0. The lowest BCUT2D eigenvalue weighted by molar-refractivity contribution is -0.143. The fourth-order valence-corrected chi connectivity index (χ4v) is 5.53. The maximum Gasteiger partial charge on any atom is 0.283 e. The normalized spacial score (nSPS) is 23.8. The van der Waals surface area contributed by atoms with E-state index in [1.54, 1.807) is 0 Å². The van der Waals surface area contributed by atoms with Gasteiger partial charge in [0.25, 0.3) is 11.8 Å². The molecular weight excluding hydrogens is 507 g/mol. The van der Waals surface area contributed by atoms with Gasteiger partial charge in [-0.2, -0.15) is 0 Å². The molecule has 2 aromatic rings. The second-order valence-corrected chi connectivity index (χ2v) is 10.9. The molecule has 2 heterocycles. The number of carbonyl (C=O) groups excluding carboxylic acids is 1. The van der Waals surface area contributed by atoms with Crippen molar-refractivity contribution in [2.75, 3.05) is 18.9 Å². The van der Waals surface area contributed by atoms with Crippen LogP contribution in [0, 0.1) is 17.5 Å². The van der Waals surface area contributed by atoms with Crippen LogP contribution in [0.4, 0.5) is 22.0 Å². The lowest BCUT2D eigenvalue weighted by atomic mass is 9.95. The van der Waals surface area contributed by atoms with Crippen LogP contribution < -0.4 is 4.72 Å². The van der Waals surface area contributed by atoms with Gasteiger partial charge < -0.3 is 9.64 Å². The van der Waals surface area contributed by atoms with Crippen LogP contribution in [-0.4, -0.2) is 62.2 Å². The topological polar surface area (TPSA) is 75.7 Å². The summed E-state index contributed by atoms with van der Waals surface area (Å²) in [5, 5.41) is 0. The Morgan fingerprint density at radius 2 is 1.92 bits per heavy atom. The van der Waals surface area contributed by atoms with Crippen molar-refractivity contribution in [3.05, 3.63) is 59.4 Å². The number of benzene rings is 2. The summed E-state index contributed by atoms with van der Waals surface area (Å²) < 4.78 is 106. The van der Waals surface area contributed by atoms with Crippen molar-refractivity contribution in [3.63, 3.8) is 0 Å². The molecule has 0 radical (unpaired) electrons. The quantitative estimate of drug-likeness (QED) is 0.553. The first-order valence-electron chi connectivity index (χ1n) is 11.5. The second kappa shape index (κ2) is 10.1. The third-order valence-electron chi connectivity index (χ3n) is 6.52. The number of likely N-dealkylation sites (tertiary alicyclic amines) is 1. The van der Waals surface area contributed by atoms with Gasteiger partial charge in [0.05, 0.1) is 18.3 Å². The number of nitrogens with one attached hydrogen (secondary N) is 1. The molecule has 0 aliphatic carbocycles. The second-order valence-electron chi connectivity index (χ2n) is 8.90. The summed E-state index contributed by atoms with van der Waals surface area (Å²) in [5.74, 6) is -7.53. The zero-order valence-corrected chi connectivity index (χ0v) is 20.1. The van der Waals surface area contributed by atoms with Crippen LogP contribution >= 0.6 is 0 Å². The fourth-order valence-electron chi connectivity index (χ4n) is 4.65. The predicted molar refractivity (Wildman–Crippen MR) is 121 cm³/mol. The number of amides is 1. The molecular formula is C24H25F5N2O4S. The molecule has 4 rings (SSSR count). The number of hydrogen-bond donors (Lipinski definition) is 1. The number of hydrogen-bond acceptors (Lipinski definition) is 4. The van der Waals surface area contributed by atoms with Gasteiger partial charge in [-0.25, -0.2) is 35.1 Å². The van der Waals surface area contributed by atoms with Crippen LogP contribution in [0.5, 0.6) is 0 Å². The Bertz CT molecular complexity index is 1250. The molecule has 0 spiro atoms. The molecule has 36 heavy (non-hydrogen) atoms. The van der Waals surface area contributed by atoms with E-state index in [1.807, 2.05) is 4.72 Å². The van der Waals surface area contributed by atoms with Gasteiger partial charge in [0.1, 0.15) is 29.6 Å². The molecule has 2 fully saturated rings. The number of ether oxygens (including phenoxy) is 1. The molecule has 0 unspecified atom stereocenters. The van der Waals surface area contributed by atoms with Crippen LogP contribution in [0.25, 0.3) is 11.1 Å². The smallest absolute Gasteiger partial charge is 0.283 e. The molecule has 196 valence electrons. The molecule has 2 aromatic carbocycles. The Morgan fingerprint density at radius 3 is 2.58 bits per heavy atom. The molecule has 6 nitrogen and oxygen atoms in total. The Hall–Kier alpha value is -2.57. The molecule has 1 N–H and O–H groups in total. The van der Waals surface area contributed by atoms with Gasteiger partial charge in [0.15, 0.2) is 0 Å². The summed E-state index contributed by atoms with van der Waals surface area (Å²) in [5.41, 5.74) is -0.816. The van der Waals surface area contributed by atoms with E-state index in [4.69, 9.17) is 4.74 Å². The van der Waals surface area contributed by atoms with Gasteiger partial charge in [-0.3, -0.25) is 4.79 Å². The lowest BCUT2D eigenvalue weighted by Crippen LogP contribution is -2.53. The van der Waals surface area contributed by atoms with Crippen molar-refractivity contribution in [2.24, 2.45) is 0 Å². The predicted octanol–water partition coefficient (Wildman–Crippen LogP) is 3.65. The maximum atomic E-state index is 15.5. The van der Waals surface area contributed by atoms with Crippen molar-refractivity contribution in [1.29, 1.82) is 0 Å². The summed E-state index contributed by atoms with van der Waals surface area (Å²) in [7, 11) is -4.12. The Balaban J connectivity index is 1.74. The first-order valence-corrected chi connectivity index (χ1v) is 13.1. The van der Waals surface area contributed by atoms with Crippen LogP contribution in [0.2, 0.25) is 0 Å². The molecule has 2 aliphatic rings. The standard InChI is InChI=1S/C24H25F5N2O4S/c1-2-36(33,34)30-22-19(31(13-24(22,28)29)23(32)20-7-4-10-35-20)11-14-5-3-6-16(21(14)27)17-12-15(25)8-9-18(17)26/h3,5-6,8-9,12,19-20,22,30H,2,4,7,10-11,13H2,1H3/t19-,20+,22+/m0/s1. The average Bonchev–Trinajstić information content (AvgIpc) is 3.44.